The van der Waals surface area contributed by atoms with Gasteiger partial charge in [0.25, 0.3) is 0 Å². The zero-order valence-corrected chi connectivity index (χ0v) is 10.9. The summed E-state index contributed by atoms with van der Waals surface area (Å²) in [7, 11) is 0. The Hall–Kier alpha value is -1.40. The van der Waals surface area contributed by atoms with Gasteiger partial charge in [0, 0.05) is 6.42 Å². The molecular weight excluding hydrogens is 274 g/mol. The predicted molar refractivity (Wildman–Crippen MR) is 68.0 cm³/mol. The number of thiophene rings is 1. The topological polar surface area (TPSA) is 68.0 Å². The number of carboxylic acids is 1. The van der Waals surface area contributed by atoms with E-state index in [9.17, 15) is 4.79 Å². The molecule has 0 radical (unpaired) electrons. The van der Waals surface area contributed by atoms with E-state index in [4.69, 9.17) is 16.7 Å². The van der Waals surface area contributed by atoms with Gasteiger partial charge < -0.3 is 5.11 Å². The van der Waals surface area contributed by atoms with Crippen LogP contribution in [-0.4, -0.2) is 25.8 Å². The van der Waals surface area contributed by atoms with E-state index < -0.39 is 12.0 Å². The van der Waals surface area contributed by atoms with Gasteiger partial charge in [0.05, 0.1) is 9.21 Å². The molecule has 0 bridgehead atoms. The molecule has 3 heterocycles. The molecule has 5 nitrogen and oxygen atoms in total. The molecule has 1 atom stereocenters. The maximum absolute atomic E-state index is 11.2. The van der Waals surface area contributed by atoms with Crippen LogP contribution >= 0.6 is 22.9 Å². The summed E-state index contributed by atoms with van der Waals surface area (Å²) in [6.45, 7) is 0. The first-order valence-electron chi connectivity index (χ1n) is 5.59. The summed E-state index contributed by atoms with van der Waals surface area (Å²) in [6, 6.07) is 3.05. The van der Waals surface area contributed by atoms with E-state index in [0.29, 0.717) is 16.6 Å². The Morgan fingerprint density at radius 1 is 1.56 bits per heavy atom. The standard InChI is InChI=1S/C11H10ClN3O2S/c12-8-5-4-7(18-8)10-13-9-3-1-2-6(11(16)17)15(9)14-10/h4-6H,1-3H2,(H,16,17). The molecule has 0 spiro atoms. The van der Waals surface area contributed by atoms with E-state index in [2.05, 4.69) is 10.1 Å². The first kappa shape index (κ1) is 11.7. The van der Waals surface area contributed by atoms with Crippen LogP contribution in [0.15, 0.2) is 12.1 Å². The van der Waals surface area contributed by atoms with Crippen LogP contribution in [0, 0.1) is 0 Å². The van der Waals surface area contributed by atoms with Gasteiger partial charge in [-0.3, -0.25) is 0 Å². The Morgan fingerprint density at radius 2 is 2.39 bits per heavy atom. The summed E-state index contributed by atoms with van der Waals surface area (Å²) in [6.07, 6.45) is 2.21. The van der Waals surface area contributed by atoms with E-state index in [-0.39, 0.29) is 0 Å². The lowest BCUT2D eigenvalue weighted by Crippen LogP contribution is -2.25. The normalized spacial score (nSPS) is 18.6. The number of fused-ring (bicyclic) bond motifs is 1. The van der Waals surface area contributed by atoms with Crippen molar-refractivity contribution in [2.75, 3.05) is 0 Å². The Bertz CT molecular complexity index is 607. The Balaban J connectivity index is 2.03. The molecule has 1 aliphatic heterocycles. The molecule has 0 saturated heterocycles. The lowest BCUT2D eigenvalue weighted by molar-refractivity contribution is -0.141. The van der Waals surface area contributed by atoms with E-state index in [1.807, 2.05) is 6.07 Å². The van der Waals surface area contributed by atoms with Crippen molar-refractivity contribution >= 4 is 28.9 Å². The molecule has 18 heavy (non-hydrogen) atoms. The second-order valence-corrected chi connectivity index (χ2v) is 5.86. The number of halogens is 1. The average Bonchev–Trinajstić information content (AvgIpc) is 2.93. The Labute approximate surface area is 112 Å². The van der Waals surface area contributed by atoms with Crippen molar-refractivity contribution in [1.29, 1.82) is 0 Å². The van der Waals surface area contributed by atoms with E-state index in [1.165, 1.54) is 16.0 Å². The molecular formula is C11H10ClN3O2S. The monoisotopic (exact) mass is 283 g/mol. The molecule has 7 heteroatoms. The minimum Gasteiger partial charge on any atom is -0.480 e. The Morgan fingerprint density at radius 3 is 3.06 bits per heavy atom. The van der Waals surface area contributed by atoms with Crippen molar-refractivity contribution in [3.8, 4) is 10.7 Å². The lowest BCUT2D eigenvalue weighted by atomic mass is 10.1. The first-order valence-corrected chi connectivity index (χ1v) is 6.78. The van der Waals surface area contributed by atoms with Crippen LogP contribution in [0.3, 0.4) is 0 Å². The van der Waals surface area contributed by atoms with Gasteiger partial charge in [-0.15, -0.1) is 16.4 Å². The summed E-state index contributed by atoms with van der Waals surface area (Å²) in [5, 5.41) is 13.5. The average molecular weight is 284 g/mol. The number of carbonyl (C=O) groups is 1. The summed E-state index contributed by atoms with van der Waals surface area (Å²) < 4.78 is 2.21. The van der Waals surface area contributed by atoms with Crippen molar-refractivity contribution in [2.45, 2.75) is 25.3 Å². The summed E-state index contributed by atoms with van der Waals surface area (Å²) in [4.78, 5) is 16.4. The largest absolute Gasteiger partial charge is 0.480 e. The van der Waals surface area contributed by atoms with Gasteiger partial charge >= 0.3 is 5.97 Å². The SMILES string of the molecule is O=C(O)C1CCCc2nc(-c3ccc(Cl)s3)nn21. The van der Waals surface area contributed by atoms with Crippen LogP contribution in [0.4, 0.5) is 0 Å². The quantitative estimate of drug-likeness (QED) is 0.920. The highest BCUT2D eigenvalue weighted by atomic mass is 35.5. The zero-order chi connectivity index (χ0) is 12.7. The molecule has 0 saturated carbocycles. The van der Waals surface area contributed by atoms with Crippen LogP contribution in [0.1, 0.15) is 24.7 Å². The molecule has 1 unspecified atom stereocenters. The molecule has 0 aromatic carbocycles. The second-order valence-electron chi connectivity index (χ2n) is 4.15. The third-order valence-corrected chi connectivity index (χ3v) is 4.18. The van der Waals surface area contributed by atoms with E-state index in [0.717, 1.165) is 23.5 Å². The number of carboxylic acid groups (broad SMARTS) is 1. The van der Waals surface area contributed by atoms with Crippen molar-refractivity contribution in [3.63, 3.8) is 0 Å². The van der Waals surface area contributed by atoms with Crippen LogP contribution in [0.5, 0.6) is 0 Å². The fourth-order valence-electron chi connectivity index (χ4n) is 2.12. The highest BCUT2D eigenvalue weighted by Gasteiger charge is 2.28. The van der Waals surface area contributed by atoms with Gasteiger partial charge in [-0.2, -0.15) is 0 Å². The smallest absolute Gasteiger partial charge is 0.328 e. The molecule has 2 aromatic rings. The van der Waals surface area contributed by atoms with E-state index in [1.54, 1.807) is 6.07 Å². The van der Waals surface area contributed by atoms with Crippen molar-refractivity contribution in [3.05, 3.63) is 22.3 Å². The number of aryl methyl sites for hydroxylation is 1. The number of hydrogen-bond donors (Lipinski definition) is 1. The van der Waals surface area contributed by atoms with Crippen molar-refractivity contribution in [2.24, 2.45) is 0 Å². The highest BCUT2D eigenvalue weighted by molar-refractivity contribution is 7.19. The zero-order valence-electron chi connectivity index (χ0n) is 9.34. The molecule has 2 aromatic heterocycles. The summed E-state index contributed by atoms with van der Waals surface area (Å²) in [5.41, 5.74) is 0. The minimum absolute atomic E-state index is 0.565. The van der Waals surface area contributed by atoms with Crippen LogP contribution < -0.4 is 0 Å². The van der Waals surface area contributed by atoms with Gasteiger partial charge in [0.1, 0.15) is 5.82 Å². The number of rotatable bonds is 2. The maximum Gasteiger partial charge on any atom is 0.328 e. The molecule has 1 aliphatic rings. The van der Waals surface area contributed by atoms with Crippen LogP contribution in [0.25, 0.3) is 10.7 Å². The van der Waals surface area contributed by atoms with Crippen molar-refractivity contribution < 1.29 is 9.90 Å². The number of nitrogens with zero attached hydrogens (tertiary/aromatic N) is 3. The van der Waals surface area contributed by atoms with Gasteiger partial charge in [0.2, 0.25) is 0 Å². The lowest BCUT2D eigenvalue weighted by Gasteiger charge is -2.19. The first-order chi connectivity index (χ1) is 8.65. The minimum atomic E-state index is -0.850. The van der Waals surface area contributed by atoms with Gasteiger partial charge in [-0.1, -0.05) is 11.6 Å². The van der Waals surface area contributed by atoms with Crippen LogP contribution in [0.2, 0.25) is 4.34 Å². The number of aliphatic carboxylic acids is 1. The Kier molecular flexibility index (Phi) is 2.83. The molecule has 0 fully saturated rings. The fourth-order valence-corrected chi connectivity index (χ4v) is 3.09. The maximum atomic E-state index is 11.2. The molecule has 94 valence electrons. The fraction of sp³-hybridized carbons (Fsp3) is 0.364. The summed E-state index contributed by atoms with van der Waals surface area (Å²) in [5.74, 6) is 0.458. The third kappa shape index (κ3) is 1.91. The van der Waals surface area contributed by atoms with Gasteiger partial charge in [-0.25, -0.2) is 14.5 Å². The van der Waals surface area contributed by atoms with Gasteiger partial charge in [0.15, 0.2) is 11.9 Å². The van der Waals surface area contributed by atoms with Crippen molar-refractivity contribution in [1.82, 2.24) is 14.8 Å². The van der Waals surface area contributed by atoms with E-state index >= 15 is 0 Å². The third-order valence-electron chi connectivity index (χ3n) is 2.95. The molecule has 3 rings (SSSR count). The number of hydrogen-bond acceptors (Lipinski definition) is 4. The number of aromatic nitrogens is 3. The molecule has 1 N–H and O–H groups in total. The molecule has 0 aliphatic carbocycles. The summed E-state index contributed by atoms with van der Waals surface area (Å²) >= 11 is 7.27. The van der Waals surface area contributed by atoms with Crippen LogP contribution in [-0.2, 0) is 11.2 Å². The highest BCUT2D eigenvalue weighted by Crippen LogP contribution is 2.31. The van der Waals surface area contributed by atoms with Gasteiger partial charge in [-0.05, 0) is 25.0 Å². The molecule has 0 amide bonds. The second kappa shape index (κ2) is 4.37. The predicted octanol–water partition coefficient (Wildman–Crippen LogP) is 2.62.